The first kappa shape index (κ1) is 13.6. The zero-order chi connectivity index (χ0) is 14.0. The van der Waals surface area contributed by atoms with Crippen LogP contribution in [0.1, 0.15) is 43.9 Å². The largest absolute Gasteiger partial charge is 0.341 e. The summed E-state index contributed by atoms with van der Waals surface area (Å²) in [7, 11) is 0. The number of amides is 2. The van der Waals surface area contributed by atoms with Gasteiger partial charge in [0.05, 0.1) is 0 Å². The predicted octanol–water partition coefficient (Wildman–Crippen LogP) is 2.32. The van der Waals surface area contributed by atoms with Crippen LogP contribution in [0, 0.1) is 6.92 Å². The van der Waals surface area contributed by atoms with E-state index in [1.165, 1.54) is 6.92 Å². The Balaban J connectivity index is 2.36. The van der Waals surface area contributed by atoms with Gasteiger partial charge in [-0.2, -0.15) is 0 Å². The third-order valence-electron chi connectivity index (χ3n) is 3.38. The van der Waals surface area contributed by atoms with Crippen LogP contribution in [0.5, 0.6) is 0 Å². The van der Waals surface area contributed by atoms with Crippen molar-refractivity contribution < 1.29 is 9.59 Å². The number of hydrogen-bond donors (Lipinski definition) is 1. The van der Waals surface area contributed by atoms with Crippen molar-refractivity contribution in [2.45, 2.75) is 39.7 Å². The summed E-state index contributed by atoms with van der Waals surface area (Å²) in [6, 6.07) is 5.44. The van der Waals surface area contributed by atoms with Crippen LogP contribution in [0.2, 0.25) is 0 Å². The van der Waals surface area contributed by atoms with E-state index in [1.807, 2.05) is 25.1 Å². The number of rotatable bonds is 4. The zero-order valence-electron chi connectivity index (χ0n) is 11.7. The third-order valence-corrected chi connectivity index (χ3v) is 3.38. The van der Waals surface area contributed by atoms with E-state index >= 15 is 0 Å². The van der Waals surface area contributed by atoms with E-state index in [0.717, 1.165) is 29.7 Å². The topological polar surface area (TPSA) is 49.4 Å². The molecule has 2 rings (SSSR count). The molecule has 0 unspecified atom stereocenters. The van der Waals surface area contributed by atoms with Gasteiger partial charge in [-0.05, 0) is 19.4 Å². The molecule has 0 aromatic heterocycles. The van der Waals surface area contributed by atoms with Gasteiger partial charge in [-0.25, -0.2) is 0 Å². The molecule has 0 fully saturated rings. The number of benzene rings is 1. The lowest BCUT2D eigenvalue weighted by Crippen LogP contribution is -2.37. The van der Waals surface area contributed by atoms with E-state index in [-0.39, 0.29) is 11.8 Å². The molecule has 102 valence electrons. The number of carbonyl (C=O) groups excluding carboxylic acids is 2. The standard InChI is InChI=1S/C15H20N2O2/c1-4-5-8-17-13-7-6-10(2)9-12(13)14(15(17)19)16-11(3)18/h6-7,9,14H,4-5,8H2,1-3H3,(H,16,18)/t14-/m0/s1. The number of anilines is 1. The van der Waals surface area contributed by atoms with Crippen LogP contribution in [-0.2, 0) is 9.59 Å². The maximum absolute atomic E-state index is 12.4. The molecule has 1 aliphatic rings. The lowest BCUT2D eigenvalue weighted by atomic mass is 10.1. The molecule has 0 radical (unpaired) electrons. The highest BCUT2D eigenvalue weighted by atomic mass is 16.2. The molecule has 2 amide bonds. The second-order valence-electron chi connectivity index (χ2n) is 5.04. The second kappa shape index (κ2) is 5.43. The number of hydrogen-bond acceptors (Lipinski definition) is 2. The van der Waals surface area contributed by atoms with Crippen molar-refractivity contribution in [2.24, 2.45) is 0 Å². The Morgan fingerprint density at radius 2 is 2.16 bits per heavy atom. The van der Waals surface area contributed by atoms with Gasteiger partial charge in [0.1, 0.15) is 6.04 Å². The fourth-order valence-electron chi connectivity index (χ4n) is 2.45. The van der Waals surface area contributed by atoms with Crippen LogP contribution >= 0.6 is 0 Å². The minimum atomic E-state index is -0.524. The smallest absolute Gasteiger partial charge is 0.254 e. The highest BCUT2D eigenvalue weighted by Gasteiger charge is 2.37. The Hall–Kier alpha value is -1.84. The van der Waals surface area contributed by atoms with Crippen LogP contribution in [-0.4, -0.2) is 18.4 Å². The summed E-state index contributed by atoms with van der Waals surface area (Å²) >= 11 is 0. The average Bonchev–Trinajstić information content (AvgIpc) is 2.60. The van der Waals surface area contributed by atoms with Crippen molar-refractivity contribution in [3.05, 3.63) is 29.3 Å². The predicted molar refractivity (Wildman–Crippen MR) is 75.0 cm³/mol. The fourth-order valence-corrected chi connectivity index (χ4v) is 2.45. The van der Waals surface area contributed by atoms with Gasteiger partial charge >= 0.3 is 0 Å². The SMILES string of the molecule is CCCCN1C(=O)[C@@H](NC(C)=O)c2cc(C)ccc21. The summed E-state index contributed by atoms with van der Waals surface area (Å²) < 4.78 is 0. The number of unbranched alkanes of at least 4 members (excludes halogenated alkanes) is 1. The van der Waals surface area contributed by atoms with Gasteiger partial charge in [0.25, 0.3) is 5.91 Å². The Morgan fingerprint density at radius 1 is 1.42 bits per heavy atom. The molecule has 1 aromatic carbocycles. The highest BCUT2D eigenvalue weighted by Crippen LogP contribution is 2.36. The molecule has 19 heavy (non-hydrogen) atoms. The quantitative estimate of drug-likeness (QED) is 0.903. The molecule has 0 saturated carbocycles. The van der Waals surface area contributed by atoms with Crippen molar-refractivity contribution in [3.8, 4) is 0 Å². The zero-order valence-corrected chi connectivity index (χ0v) is 11.7. The summed E-state index contributed by atoms with van der Waals surface area (Å²) in [6.45, 7) is 6.24. The Labute approximate surface area is 113 Å². The molecule has 1 N–H and O–H groups in total. The molecule has 0 saturated heterocycles. The van der Waals surface area contributed by atoms with Crippen molar-refractivity contribution in [1.29, 1.82) is 0 Å². The van der Waals surface area contributed by atoms with Crippen LogP contribution < -0.4 is 10.2 Å². The molecular weight excluding hydrogens is 240 g/mol. The van der Waals surface area contributed by atoms with Crippen molar-refractivity contribution >= 4 is 17.5 Å². The minimum absolute atomic E-state index is 0.0238. The van der Waals surface area contributed by atoms with Gasteiger partial charge in [0.2, 0.25) is 5.91 Å². The molecule has 1 aliphatic heterocycles. The minimum Gasteiger partial charge on any atom is -0.341 e. The van der Waals surface area contributed by atoms with E-state index in [0.29, 0.717) is 6.54 Å². The van der Waals surface area contributed by atoms with E-state index < -0.39 is 6.04 Å². The first-order valence-corrected chi connectivity index (χ1v) is 6.73. The Bertz CT molecular complexity index is 511. The molecule has 1 heterocycles. The van der Waals surface area contributed by atoms with Gasteiger partial charge in [0.15, 0.2) is 0 Å². The van der Waals surface area contributed by atoms with Crippen molar-refractivity contribution in [1.82, 2.24) is 5.32 Å². The second-order valence-corrected chi connectivity index (χ2v) is 5.04. The molecule has 0 aliphatic carbocycles. The third kappa shape index (κ3) is 2.62. The van der Waals surface area contributed by atoms with Gasteiger partial charge in [-0.15, -0.1) is 0 Å². The number of nitrogens with one attached hydrogen (secondary N) is 1. The number of nitrogens with zero attached hydrogens (tertiary/aromatic N) is 1. The van der Waals surface area contributed by atoms with Crippen molar-refractivity contribution in [2.75, 3.05) is 11.4 Å². The molecule has 4 nitrogen and oxygen atoms in total. The van der Waals surface area contributed by atoms with E-state index in [9.17, 15) is 9.59 Å². The average molecular weight is 260 g/mol. The van der Waals surface area contributed by atoms with Gasteiger partial charge in [0, 0.05) is 24.7 Å². The lowest BCUT2D eigenvalue weighted by molar-refractivity contribution is -0.126. The summed E-state index contributed by atoms with van der Waals surface area (Å²) in [5.74, 6) is -0.201. The molecule has 0 bridgehead atoms. The fraction of sp³-hybridized carbons (Fsp3) is 0.467. The highest BCUT2D eigenvalue weighted by molar-refractivity contribution is 6.06. The summed E-state index contributed by atoms with van der Waals surface area (Å²) in [5, 5.41) is 2.75. The van der Waals surface area contributed by atoms with Gasteiger partial charge in [-0.1, -0.05) is 31.0 Å². The normalized spacial score (nSPS) is 17.5. The molecule has 4 heteroatoms. The first-order chi connectivity index (χ1) is 9.04. The molecule has 1 atom stereocenters. The van der Waals surface area contributed by atoms with E-state index in [4.69, 9.17) is 0 Å². The first-order valence-electron chi connectivity index (χ1n) is 6.73. The van der Waals surface area contributed by atoms with Gasteiger partial charge in [-0.3, -0.25) is 9.59 Å². The van der Waals surface area contributed by atoms with Gasteiger partial charge < -0.3 is 10.2 Å². The summed E-state index contributed by atoms with van der Waals surface area (Å²) in [5.41, 5.74) is 2.94. The molecule has 0 spiro atoms. The number of aryl methyl sites for hydroxylation is 1. The lowest BCUT2D eigenvalue weighted by Gasteiger charge is -2.17. The van der Waals surface area contributed by atoms with Crippen LogP contribution in [0.4, 0.5) is 5.69 Å². The summed E-state index contributed by atoms with van der Waals surface area (Å²) in [6.07, 6.45) is 2.00. The van der Waals surface area contributed by atoms with E-state index in [1.54, 1.807) is 4.90 Å². The van der Waals surface area contributed by atoms with E-state index in [2.05, 4.69) is 12.2 Å². The summed E-state index contributed by atoms with van der Waals surface area (Å²) in [4.78, 5) is 25.5. The molecular formula is C15H20N2O2. The van der Waals surface area contributed by atoms with Crippen LogP contribution in [0.25, 0.3) is 0 Å². The number of fused-ring (bicyclic) bond motifs is 1. The Morgan fingerprint density at radius 3 is 2.79 bits per heavy atom. The van der Waals surface area contributed by atoms with Crippen LogP contribution in [0.15, 0.2) is 18.2 Å². The number of carbonyl (C=O) groups is 2. The van der Waals surface area contributed by atoms with Crippen molar-refractivity contribution in [3.63, 3.8) is 0 Å². The Kier molecular flexibility index (Phi) is 3.88. The maximum Gasteiger partial charge on any atom is 0.254 e. The van der Waals surface area contributed by atoms with Crippen LogP contribution in [0.3, 0.4) is 0 Å². The monoisotopic (exact) mass is 260 g/mol. The maximum atomic E-state index is 12.4. The molecule has 1 aromatic rings.